The van der Waals surface area contributed by atoms with Crippen LogP contribution in [-0.2, 0) is 6.54 Å². The van der Waals surface area contributed by atoms with Crippen LogP contribution in [0.25, 0.3) is 0 Å². The van der Waals surface area contributed by atoms with Gasteiger partial charge in [0.2, 0.25) is 0 Å². The van der Waals surface area contributed by atoms with Crippen LogP contribution in [0.5, 0.6) is 5.75 Å². The van der Waals surface area contributed by atoms with Crippen LogP contribution in [0.2, 0.25) is 0 Å². The maximum Gasteiger partial charge on any atom is 0.254 e. The molecular formula is C18H23N3O2. The molecule has 2 aromatic rings. The quantitative estimate of drug-likeness (QED) is 0.889. The zero-order chi connectivity index (χ0) is 16.8. The molecule has 1 aromatic heterocycles. The number of ether oxygens (including phenoxy) is 1. The van der Waals surface area contributed by atoms with Crippen LogP contribution in [0.3, 0.4) is 0 Å². The lowest BCUT2D eigenvalue weighted by Gasteiger charge is -2.10. The van der Waals surface area contributed by atoms with E-state index in [-0.39, 0.29) is 11.8 Å². The molecule has 0 unspecified atom stereocenters. The SMILES string of the molecule is CCOc1ccc(CNC(=O)c2cnc(C(C)C)nc2C)cc1. The Kier molecular flexibility index (Phi) is 5.68. The van der Waals surface area contributed by atoms with Crippen molar-refractivity contribution in [2.45, 2.75) is 40.2 Å². The van der Waals surface area contributed by atoms with E-state index in [0.717, 1.165) is 17.1 Å². The third-order valence-electron chi connectivity index (χ3n) is 3.45. The number of carbonyl (C=O) groups is 1. The van der Waals surface area contributed by atoms with Gasteiger partial charge in [-0.1, -0.05) is 26.0 Å². The number of aryl methyl sites for hydroxylation is 1. The Bertz CT molecular complexity index is 666. The minimum absolute atomic E-state index is 0.160. The standard InChI is InChI=1S/C18H23N3O2/c1-5-23-15-8-6-14(7-9-15)10-20-18(22)16-11-19-17(12(2)3)21-13(16)4/h6-9,11-12H,5,10H2,1-4H3,(H,20,22). The number of hydrogen-bond acceptors (Lipinski definition) is 4. The highest BCUT2D eigenvalue weighted by Gasteiger charge is 2.12. The van der Waals surface area contributed by atoms with Gasteiger partial charge < -0.3 is 10.1 Å². The zero-order valence-corrected chi connectivity index (χ0v) is 14.1. The van der Waals surface area contributed by atoms with Gasteiger partial charge in [0.1, 0.15) is 11.6 Å². The smallest absolute Gasteiger partial charge is 0.254 e. The molecule has 0 saturated heterocycles. The number of carbonyl (C=O) groups excluding carboxylic acids is 1. The van der Waals surface area contributed by atoms with Crippen molar-refractivity contribution in [1.82, 2.24) is 15.3 Å². The molecule has 23 heavy (non-hydrogen) atoms. The molecular weight excluding hydrogens is 290 g/mol. The van der Waals surface area contributed by atoms with Crippen molar-refractivity contribution < 1.29 is 9.53 Å². The molecule has 0 saturated carbocycles. The van der Waals surface area contributed by atoms with Gasteiger partial charge in [0.25, 0.3) is 5.91 Å². The predicted octanol–water partition coefficient (Wildman–Crippen LogP) is 3.24. The summed E-state index contributed by atoms with van der Waals surface area (Å²) in [5.74, 6) is 1.67. The first-order chi connectivity index (χ1) is 11.0. The summed E-state index contributed by atoms with van der Waals surface area (Å²) in [4.78, 5) is 20.9. The molecule has 0 aliphatic rings. The molecule has 0 aliphatic heterocycles. The Morgan fingerprint density at radius 1 is 1.26 bits per heavy atom. The van der Waals surface area contributed by atoms with Crippen LogP contribution in [0, 0.1) is 6.92 Å². The molecule has 122 valence electrons. The Morgan fingerprint density at radius 3 is 2.52 bits per heavy atom. The summed E-state index contributed by atoms with van der Waals surface area (Å²) in [6, 6.07) is 7.68. The van der Waals surface area contributed by atoms with E-state index >= 15 is 0 Å². The fourth-order valence-electron chi connectivity index (χ4n) is 2.13. The second-order valence-corrected chi connectivity index (χ2v) is 5.64. The number of nitrogens with one attached hydrogen (secondary N) is 1. The highest BCUT2D eigenvalue weighted by Crippen LogP contribution is 2.13. The van der Waals surface area contributed by atoms with E-state index in [4.69, 9.17) is 4.74 Å². The Labute approximate surface area is 137 Å². The van der Waals surface area contributed by atoms with Crippen LogP contribution in [0.1, 0.15) is 54.1 Å². The van der Waals surface area contributed by atoms with Crippen molar-refractivity contribution in [3.05, 3.63) is 53.1 Å². The summed E-state index contributed by atoms with van der Waals surface area (Å²) in [5.41, 5.74) is 2.23. The lowest BCUT2D eigenvalue weighted by molar-refractivity contribution is 0.0949. The van der Waals surface area contributed by atoms with Gasteiger partial charge >= 0.3 is 0 Å². The van der Waals surface area contributed by atoms with Crippen LogP contribution in [0.15, 0.2) is 30.5 Å². The van der Waals surface area contributed by atoms with E-state index in [1.807, 2.05) is 52.0 Å². The van der Waals surface area contributed by atoms with E-state index in [1.54, 1.807) is 6.20 Å². The molecule has 1 aromatic carbocycles. The first-order valence-corrected chi connectivity index (χ1v) is 7.84. The molecule has 1 N–H and O–H groups in total. The number of benzene rings is 1. The van der Waals surface area contributed by atoms with E-state index < -0.39 is 0 Å². The number of aromatic nitrogens is 2. The van der Waals surface area contributed by atoms with Gasteiger partial charge in [0.15, 0.2) is 0 Å². The van der Waals surface area contributed by atoms with Gasteiger partial charge in [0, 0.05) is 18.7 Å². The van der Waals surface area contributed by atoms with Crippen molar-refractivity contribution in [1.29, 1.82) is 0 Å². The minimum atomic E-state index is -0.160. The lowest BCUT2D eigenvalue weighted by Crippen LogP contribution is -2.24. The predicted molar refractivity (Wildman–Crippen MR) is 89.6 cm³/mol. The van der Waals surface area contributed by atoms with E-state index in [0.29, 0.717) is 24.4 Å². The molecule has 0 radical (unpaired) electrons. The summed E-state index contributed by atoms with van der Waals surface area (Å²) in [6.45, 7) is 8.93. The summed E-state index contributed by atoms with van der Waals surface area (Å²) in [5, 5.41) is 2.90. The van der Waals surface area contributed by atoms with Gasteiger partial charge in [-0.2, -0.15) is 0 Å². The van der Waals surface area contributed by atoms with Crippen molar-refractivity contribution in [3.8, 4) is 5.75 Å². The van der Waals surface area contributed by atoms with Crippen molar-refractivity contribution in [2.24, 2.45) is 0 Å². The maximum atomic E-state index is 12.3. The molecule has 1 amide bonds. The first kappa shape index (κ1) is 16.9. The molecule has 2 rings (SSSR count). The number of nitrogens with zero attached hydrogens (tertiary/aromatic N) is 2. The number of rotatable bonds is 6. The fourth-order valence-corrected chi connectivity index (χ4v) is 2.13. The van der Waals surface area contributed by atoms with Gasteiger partial charge in [-0.25, -0.2) is 9.97 Å². The summed E-state index contributed by atoms with van der Waals surface area (Å²) in [6.07, 6.45) is 1.60. The minimum Gasteiger partial charge on any atom is -0.494 e. The van der Waals surface area contributed by atoms with E-state index in [1.165, 1.54) is 0 Å². The van der Waals surface area contributed by atoms with Crippen molar-refractivity contribution in [2.75, 3.05) is 6.61 Å². The van der Waals surface area contributed by atoms with Crippen molar-refractivity contribution >= 4 is 5.91 Å². The topological polar surface area (TPSA) is 64.1 Å². The highest BCUT2D eigenvalue weighted by atomic mass is 16.5. The second kappa shape index (κ2) is 7.72. The van der Waals surface area contributed by atoms with Crippen LogP contribution in [-0.4, -0.2) is 22.5 Å². The Balaban J connectivity index is 1.99. The third kappa shape index (κ3) is 4.52. The van der Waals surface area contributed by atoms with Crippen LogP contribution in [0.4, 0.5) is 0 Å². The molecule has 0 atom stereocenters. The average molecular weight is 313 g/mol. The first-order valence-electron chi connectivity index (χ1n) is 7.84. The normalized spacial score (nSPS) is 10.7. The lowest BCUT2D eigenvalue weighted by atomic mass is 10.1. The fraction of sp³-hybridized carbons (Fsp3) is 0.389. The number of hydrogen-bond donors (Lipinski definition) is 1. The van der Waals surface area contributed by atoms with Gasteiger partial charge in [-0.05, 0) is 31.5 Å². The van der Waals surface area contributed by atoms with Gasteiger partial charge in [-0.15, -0.1) is 0 Å². The highest BCUT2D eigenvalue weighted by molar-refractivity contribution is 5.94. The van der Waals surface area contributed by atoms with E-state index in [9.17, 15) is 4.79 Å². The molecule has 0 fully saturated rings. The molecule has 5 heteroatoms. The molecule has 5 nitrogen and oxygen atoms in total. The zero-order valence-electron chi connectivity index (χ0n) is 14.1. The monoisotopic (exact) mass is 313 g/mol. The summed E-state index contributed by atoms with van der Waals surface area (Å²) >= 11 is 0. The average Bonchev–Trinajstić information content (AvgIpc) is 2.54. The molecule has 0 aliphatic carbocycles. The van der Waals surface area contributed by atoms with Crippen molar-refractivity contribution in [3.63, 3.8) is 0 Å². The summed E-state index contributed by atoms with van der Waals surface area (Å²) in [7, 11) is 0. The van der Waals surface area contributed by atoms with Crippen LogP contribution >= 0.6 is 0 Å². The Hall–Kier alpha value is -2.43. The van der Waals surface area contributed by atoms with E-state index in [2.05, 4.69) is 15.3 Å². The largest absolute Gasteiger partial charge is 0.494 e. The molecule has 0 bridgehead atoms. The second-order valence-electron chi connectivity index (χ2n) is 5.64. The Morgan fingerprint density at radius 2 is 1.96 bits per heavy atom. The third-order valence-corrected chi connectivity index (χ3v) is 3.45. The van der Waals surface area contributed by atoms with Crippen LogP contribution < -0.4 is 10.1 Å². The number of amides is 1. The maximum absolute atomic E-state index is 12.3. The summed E-state index contributed by atoms with van der Waals surface area (Å²) < 4.78 is 5.40. The van der Waals surface area contributed by atoms with Gasteiger partial charge in [-0.3, -0.25) is 4.79 Å². The molecule has 1 heterocycles. The van der Waals surface area contributed by atoms with Gasteiger partial charge in [0.05, 0.1) is 17.9 Å². The molecule has 0 spiro atoms.